The molecule has 0 aromatic rings. The van der Waals surface area contributed by atoms with E-state index in [0.717, 1.165) is 0 Å². The second-order valence-corrected chi connectivity index (χ2v) is 3.09. The van der Waals surface area contributed by atoms with Crippen LogP contribution in [0.25, 0.3) is 0 Å². The van der Waals surface area contributed by atoms with Crippen molar-refractivity contribution in [3.05, 3.63) is 12.7 Å². The van der Waals surface area contributed by atoms with Crippen LogP contribution in [-0.4, -0.2) is 23.2 Å². The number of hydrogen-bond donors (Lipinski definition) is 1. The van der Waals surface area contributed by atoms with Gasteiger partial charge in [0, 0.05) is 13.8 Å². The zero-order valence-electron chi connectivity index (χ0n) is 7.11. The fourth-order valence-corrected chi connectivity index (χ4v) is 1.03. The number of aliphatic hydroxyl groups is 1. The summed E-state index contributed by atoms with van der Waals surface area (Å²) in [5.41, 5.74) is 0. The Morgan fingerprint density at radius 2 is 2.25 bits per heavy atom. The van der Waals surface area contributed by atoms with E-state index in [2.05, 4.69) is 6.58 Å². The van der Waals surface area contributed by atoms with Crippen LogP contribution in [0.5, 0.6) is 0 Å². The van der Waals surface area contributed by atoms with Crippen molar-refractivity contribution in [1.82, 2.24) is 0 Å². The van der Waals surface area contributed by atoms with Gasteiger partial charge in [-0.05, 0) is 0 Å². The van der Waals surface area contributed by atoms with Crippen molar-refractivity contribution >= 4 is 5.97 Å². The Hall–Kier alpha value is -0.870. The Kier molecular flexibility index (Phi) is 2.21. The van der Waals surface area contributed by atoms with Crippen LogP contribution in [0, 0.1) is 5.92 Å². The third-order valence-corrected chi connectivity index (χ3v) is 1.58. The van der Waals surface area contributed by atoms with Crippen molar-refractivity contribution in [3.8, 4) is 0 Å². The van der Waals surface area contributed by atoms with E-state index in [1.807, 2.05) is 0 Å². The molecule has 2 unspecified atom stereocenters. The lowest BCUT2D eigenvalue weighted by atomic mass is 10.1. The van der Waals surface area contributed by atoms with Crippen molar-refractivity contribution in [2.24, 2.45) is 5.92 Å². The lowest BCUT2D eigenvalue weighted by Gasteiger charge is -2.36. The van der Waals surface area contributed by atoms with Gasteiger partial charge < -0.3 is 14.6 Å². The maximum absolute atomic E-state index is 11.1. The van der Waals surface area contributed by atoms with Crippen molar-refractivity contribution in [1.29, 1.82) is 0 Å². The molecule has 1 aliphatic rings. The smallest absolute Gasteiger partial charge is 0.320 e. The highest BCUT2D eigenvalue weighted by atomic mass is 16.8. The van der Waals surface area contributed by atoms with Crippen LogP contribution in [0.15, 0.2) is 12.7 Å². The molecular weight excluding hydrogens is 160 g/mol. The number of aliphatic hydroxyl groups excluding tert-OH is 1. The van der Waals surface area contributed by atoms with Crippen LogP contribution in [0.4, 0.5) is 0 Å². The highest BCUT2D eigenvalue weighted by molar-refractivity contribution is 5.75. The summed E-state index contributed by atoms with van der Waals surface area (Å²) in [4.78, 5) is 11.1. The van der Waals surface area contributed by atoms with Gasteiger partial charge in [0.2, 0.25) is 5.79 Å². The van der Waals surface area contributed by atoms with Crippen LogP contribution in [0.2, 0.25) is 0 Å². The zero-order chi connectivity index (χ0) is 9.35. The molecule has 0 spiro atoms. The monoisotopic (exact) mass is 172 g/mol. The van der Waals surface area contributed by atoms with Gasteiger partial charge in [-0.15, -0.1) is 6.58 Å². The maximum Gasteiger partial charge on any atom is 0.320 e. The summed E-state index contributed by atoms with van der Waals surface area (Å²) < 4.78 is 9.84. The molecule has 1 aliphatic heterocycles. The number of ether oxygens (including phenoxy) is 2. The Bertz CT molecular complexity index is 209. The number of rotatable bonds is 1. The molecule has 1 rings (SSSR count). The van der Waals surface area contributed by atoms with Gasteiger partial charge in [0.05, 0.1) is 0 Å². The quantitative estimate of drug-likeness (QED) is 0.460. The Labute approximate surface area is 70.8 Å². The molecule has 1 N–H and O–H groups in total. The molecule has 12 heavy (non-hydrogen) atoms. The summed E-state index contributed by atoms with van der Waals surface area (Å²) in [5.74, 6) is -2.33. The van der Waals surface area contributed by atoms with Gasteiger partial charge in [-0.3, -0.25) is 4.79 Å². The maximum atomic E-state index is 11.1. The molecule has 1 fully saturated rings. The van der Waals surface area contributed by atoms with Gasteiger partial charge >= 0.3 is 5.97 Å². The fourth-order valence-electron chi connectivity index (χ4n) is 1.03. The van der Waals surface area contributed by atoms with Crippen molar-refractivity contribution in [3.63, 3.8) is 0 Å². The minimum Gasteiger partial charge on any atom is -0.433 e. The van der Waals surface area contributed by atoms with Gasteiger partial charge in [-0.25, -0.2) is 0 Å². The number of carbonyl (C=O) groups excluding carboxylic acids is 1. The van der Waals surface area contributed by atoms with Crippen LogP contribution in [0.3, 0.4) is 0 Å². The molecule has 1 saturated heterocycles. The molecule has 4 nitrogen and oxygen atoms in total. The SMILES string of the molecule is C=CC1C(=O)OC(C)(C)OC1O. The Morgan fingerprint density at radius 1 is 1.67 bits per heavy atom. The molecule has 68 valence electrons. The standard InChI is InChI=1S/C8H12O4/c1-4-5-6(9)11-8(2,3)12-7(5)10/h4-6,9H,1H2,2-3H3. The minimum absolute atomic E-state index is 0.506. The van der Waals surface area contributed by atoms with E-state index >= 15 is 0 Å². The van der Waals surface area contributed by atoms with E-state index < -0.39 is 24.0 Å². The van der Waals surface area contributed by atoms with Crippen LogP contribution < -0.4 is 0 Å². The lowest BCUT2D eigenvalue weighted by Crippen LogP contribution is -2.47. The number of hydrogen-bond acceptors (Lipinski definition) is 4. The average Bonchev–Trinajstić information content (AvgIpc) is 1.82. The number of esters is 1. The third kappa shape index (κ3) is 1.65. The number of carbonyl (C=O) groups is 1. The van der Waals surface area contributed by atoms with E-state index in [-0.39, 0.29) is 0 Å². The van der Waals surface area contributed by atoms with E-state index in [1.54, 1.807) is 13.8 Å². The van der Waals surface area contributed by atoms with Crippen molar-refractivity contribution < 1.29 is 19.4 Å². The lowest BCUT2D eigenvalue weighted by molar-refractivity contribution is -0.309. The van der Waals surface area contributed by atoms with Gasteiger partial charge in [0.25, 0.3) is 0 Å². The van der Waals surface area contributed by atoms with Gasteiger partial charge in [0.15, 0.2) is 6.29 Å². The van der Waals surface area contributed by atoms with Crippen LogP contribution in [-0.2, 0) is 14.3 Å². The first-order chi connectivity index (χ1) is 5.46. The molecular formula is C8H12O4. The predicted octanol–water partition coefficient (Wildman–Crippen LogP) is 0.416. The summed E-state index contributed by atoms with van der Waals surface area (Å²) in [6.45, 7) is 6.52. The molecule has 0 aromatic heterocycles. The van der Waals surface area contributed by atoms with E-state index in [0.29, 0.717) is 0 Å². The Morgan fingerprint density at radius 3 is 2.67 bits per heavy atom. The van der Waals surface area contributed by atoms with Crippen LogP contribution >= 0.6 is 0 Å². The van der Waals surface area contributed by atoms with Crippen molar-refractivity contribution in [2.45, 2.75) is 25.9 Å². The molecule has 1 heterocycles. The summed E-state index contributed by atoms with van der Waals surface area (Å²) >= 11 is 0. The molecule has 0 amide bonds. The topological polar surface area (TPSA) is 55.8 Å². The van der Waals surface area contributed by atoms with Crippen molar-refractivity contribution in [2.75, 3.05) is 0 Å². The summed E-state index contributed by atoms with van der Waals surface area (Å²) in [6.07, 6.45) is 0.154. The molecule has 0 bridgehead atoms. The zero-order valence-corrected chi connectivity index (χ0v) is 7.11. The normalized spacial score (nSPS) is 34.1. The Balaban J connectivity index is 2.77. The van der Waals surface area contributed by atoms with Gasteiger partial charge in [0.1, 0.15) is 5.92 Å². The van der Waals surface area contributed by atoms with Crippen LogP contribution in [0.1, 0.15) is 13.8 Å². The highest BCUT2D eigenvalue weighted by Crippen LogP contribution is 2.26. The first-order valence-corrected chi connectivity index (χ1v) is 3.67. The van der Waals surface area contributed by atoms with E-state index in [1.165, 1.54) is 6.08 Å². The first-order valence-electron chi connectivity index (χ1n) is 3.67. The predicted molar refractivity (Wildman–Crippen MR) is 40.9 cm³/mol. The highest BCUT2D eigenvalue weighted by Gasteiger charge is 2.40. The largest absolute Gasteiger partial charge is 0.433 e. The second-order valence-electron chi connectivity index (χ2n) is 3.09. The summed E-state index contributed by atoms with van der Waals surface area (Å²) in [5, 5.41) is 9.28. The minimum atomic E-state index is -1.15. The molecule has 4 heteroatoms. The first kappa shape index (κ1) is 9.22. The van der Waals surface area contributed by atoms with Gasteiger partial charge in [-0.1, -0.05) is 6.08 Å². The molecule has 0 aliphatic carbocycles. The molecule has 0 aromatic carbocycles. The van der Waals surface area contributed by atoms with E-state index in [9.17, 15) is 9.90 Å². The molecule has 0 saturated carbocycles. The van der Waals surface area contributed by atoms with E-state index in [4.69, 9.17) is 9.47 Å². The fraction of sp³-hybridized carbons (Fsp3) is 0.625. The molecule has 0 radical (unpaired) electrons. The summed E-state index contributed by atoms with van der Waals surface area (Å²) in [6, 6.07) is 0. The average molecular weight is 172 g/mol. The third-order valence-electron chi connectivity index (χ3n) is 1.58. The molecule has 2 atom stereocenters. The number of cyclic esters (lactones) is 1. The second kappa shape index (κ2) is 2.88. The summed E-state index contributed by atoms with van der Waals surface area (Å²) in [7, 11) is 0. The van der Waals surface area contributed by atoms with Gasteiger partial charge in [-0.2, -0.15) is 0 Å².